The topological polar surface area (TPSA) is 68.5 Å². The van der Waals surface area contributed by atoms with Crippen LogP contribution in [0.15, 0.2) is 22.6 Å². The maximum Gasteiger partial charge on any atom is 0.341 e. The molecule has 0 bridgehead atoms. The Morgan fingerprint density at radius 2 is 2.11 bits per heavy atom. The molecule has 1 aliphatic carbocycles. The second-order valence-electron chi connectivity index (χ2n) is 6.75. The number of amides is 1. The minimum atomic E-state index is -0.404. The zero-order valence-electron chi connectivity index (χ0n) is 15.6. The molecule has 2 heterocycles. The molecule has 1 amide bonds. The number of esters is 1. The minimum absolute atomic E-state index is 0.280. The molecular formula is C21H21NO4S. The molecule has 3 aromatic rings. The molecule has 5 nitrogen and oxygen atoms in total. The molecule has 1 aliphatic rings. The second-order valence-corrected chi connectivity index (χ2v) is 7.85. The molecule has 4 rings (SSSR count). The molecule has 0 fully saturated rings. The van der Waals surface area contributed by atoms with Gasteiger partial charge in [0.2, 0.25) is 0 Å². The van der Waals surface area contributed by atoms with Gasteiger partial charge >= 0.3 is 5.97 Å². The minimum Gasteiger partial charge on any atom is -0.465 e. The lowest BCUT2D eigenvalue weighted by molar-refractivity contribution is 0.0601. The van der Waals surface area contributed by atoms with Gasteiger partial charge in [0.15, 0.2) is 5.76 Å². The van der Waals surface area contributed by atoms with Crippen molar-refractivity contribution in [3.8, 4) is 0 Å². The lowest BCUT2D eigenvalue weighted by atomic mass is 10.1. The monoisotopic (exact) mass is 383 g/mol. The van der Waals surface area contributed by atoms with Crippen LogP contribution in [0.3, 0.4) is 0 Å². The third-order valence-electron chi connectivity index (χ3n) is 5.15. The van der Waals surface area contributed by atoms with Crippen molar-refractivity contribution in [3.63, 3.8) is 0 Å². The Kier molecular flexibility index (Phi) is 4.52. The molecule has 27 heavy (non-hydrogen) atoms. The smallest absolute Gasteiger partial charge is 0.341 e. The van der Waals surface area contributed by atoms with Crippen molar-refractivity contribution in [2.45, 2.75) is 39.5 Å². The summed E-state index contributed by atoms with van der Waals surface area (Å²) in [5.74, 6) is -0.465. The highest BCUT2D eigenvalue weighted by molar-refractivity contribution is 7.17. The SMILES string of the molecule is CCc1ccc2oc(C(=O)Nc3sc4c(c3C(=O)OC)CCC4)c(C)c2c1. The number of carbonyl (C=O) groups excluding carboxylic acids is 2. The van der Waals surface area contributed by atoms with Gasteiger partial charge < -0.3 is 14.5 Å². The number of fused-ring (bicyclic) bond motifs is 2. The third-order valence-corrected chi connectivity index (χ3v) is 6.36. The van der Waals surface area contributed by atoms with E-state index in [-0.39, 0.29) is 11.7 Å². The summed E-state index contributed by atoms with van der Waals surface area (Å²) in [6, 6.07) is 5.97. The quantitative estimate of drug-likeness (QED) is 0.651. The molecule has 0 atom stereocenters. The molecule has 0 radical (unpaired) electrons. The highest BCUT2D eigenvalue weighted by Gasteiger charge is 2.29. The van der Waals surface area contributed by atoms with Crippen molar-refractivity contribution in [2.75, 3.05) is 12.4 Å². The first-order valence-corrected chi connectivity index (χ1v) is 9.91. The fourth-order valence-corrected chi connectivity index (χ4v) is 4.95. The molecule has 0 unspecified atom stereocenters. The average molecular weight is 383 g/mol. The van der Waals surface area contributed by atoms with Gasteiger partial charge in [-0.15, -0.1) is 11.3 Å². The van der Waals surface area contributed by atoms with Gasteiger partial charge in [0.1, 0.15) is 10.6 Å². The van der Waals surface area contributed by atoms with E-state index in [1.54, 1.807) is 0 Å². The van der Waals surface area contributed by atoms with E-state index < -0.39 is 5.97 Å². The molecule has 2 aromatic heterocycles. The van der Waals surface area contributed by atoms with Crippen LogP contribution in [0.25, 0.3) is 11.0 Å². The van der Waals surface area contributed by atoms with Crippen molar-refractivity contribution in [1.82, 2.24) is 0 Å². The average Bonchev–Trinajstić information content (AvgIpc) is 3.34. The van der Waals surface area contributed by atoms with E-state index in [1.165, 1.54) is 24.0 Å². The van der Waals surface area contributed by atoms with Crippen LogP contribution in [0.1, 0.15) is 55.8 Å². The highest BCUT2D eigenvalue weighted by atomic mass is 32.1. The van der Waals surface area contributed by atoms with Gasteiger partial charge in [-0.2, -0.15) is 0 Å². The number of ether oxygens (including phenoxy) is 1. The lowest BCUT2D eigenvalue weighted by Crippen LogP contribution is -2.14. The predicted molar refractivity (Wildman–Crippen MR) is 106 cm³/mol. The van der Waals surface area contributed by atoms with Gasteiger partial charge in [0.25, 0.3) is 5.91 Å². The van der Waals surface area contributed by atoms with Gasteiger partial charge in [-0.3, -0.25) is 4.79 Å². The molecular weight excluding hydrogens is 362 g/mol. The number of benzene rings is 1. The molecule has 0 saturated carbocycles. The zero-order chi connectivity index (χ0) is 19.1. The Morgan fingerprint density at radius 3 is 2.85 bits per heavy atom. The maximum absolute atomic E-state index is 12.9. The zero-order valence-corrected chi connectivity index (χ0v) is 16.4. The van der Waals surface area contributed by atoms with Crippen LogP contribution >= 0.6 is 11.3 Å². The van der Waals surface area contributed by atoms with E-state index in [1.807, 2.05) is 19.1 Å². The van der Waals surface area contributed by atoms with E-state index in [4.69, 9.17) is 9.15 Å². The Morgan fingerprint density at radius 1 is 1.30 bits per heavy atom. The first-order valence-electron chi connectivity index (χ1n) is 9.09. The summed E-state index contributed by atoms with van der Waals surface area (Å²) in [6.45, 7) is 3.98. The van der Waals surface area contributed by atoms with E-state index in [0.717, 1.165) is 47.1 Å². The number of carbonyl (C=O) groups is 2. The van der Waals surface area contributed by atoms with Crippen LogP contribution < -0.4 is 5.32 Å². The number of aryl methyl sites for hydroxylation is 3. The van der Waals surface area contributed by atoms with Crippen molar-refractivity contribution < 1.29 is 18.7 Å². The van der Waals surface area contributed by atoms with Crippen LogP contribution in [0.4, 0.5) is 5.00 Å². The molecule has 0 spiro atoms. The molecule has 0 aliphatic heterocycles. The van der Waals surface area contributed by atoms with Gasteiger partial charge in [0, 0.05) is 15.8 Å². The fraction of sp³-hybridized carbons (Fsp3) is 0.333. The largest absolute Gasteiger partial charge is 0.465 e. The number of thiophene rings is 1. The van der Waals surface area contributed by atoms with Crippen molar-refractivity contribution >= 4 is 39.2 Å². The van der Waals surface area contributed by atoms with Crippen molar-refractivity contribution in [1.29, 1.82) is 0 Å². The summed E-state index contributed by atoms with van der Waals surface area (Å²) in [5, 5.41) is 4.38. The highest BCUT2D eigenvalue weighted by Crippen LogP contribution is 2.40. The summed E-state index contributed by atoms with van der Waals surface area (Å²) in [4.78, 5) is 26.3. The van der Waals surface area contributed by atoms with Crippen LogP contribution in [-0.2, 0) is 24.0 Å². The number of furan rings is 1. The Labute approximate surface area is 161 Å². The Bertz CT molecular complexity index is 1060. The van der Waals surface area contributed by atoms with Crippen LogP contribution in [0.5, 0.6) is 0 Å². The van der Waals surface area contributed by atoms with Crippen molar-refractivity contribution in [2.24, 2.45) is 0 Å². The predicted octanol–water partition coefficient (Wildman–Crippen LogP) is 4.89. The molecule has 140 valence electrons. The lowest BCUT2D eigenvalue weighted by Gasteiger charge is -2.06. The number of anilines is 1. The molecule has 1 aromatic carbocycles. The van der Waals surface area contributed by atoms with Crippen LogP contribution in [-0.4, -0.2) is 19.0 Å². The normalized spacial score (nSPS) is 13.0. The van der Waals surface area contributed by atoms with E-state index >= 15 is 0 Å². The van der Waals surface area contributed by atoms with Gasteiger partial charge in [-0.05, 0) is 55.9 Å². The number of methoxy groups -OCH3 is 1. The number of rotatable bonds is 4. The maximum atomic E-state index is 12.9. The van der Waals surface area contributed by atoms with E-state index in [9.17, 15) is 9.59 Å². The second kappa shape index (κ2) is 6.85. The number of nitrogens with one attached hydrogen (secondary N) is 1. The summed E-state index contributed by atoms with van der Waals surface area (Å²) in [7, 11) is 1.36. The van der Waals surface area contributed by atoms with Gasteiger partial charge in [0.05, 0.1) is 12.7 Å². The van der Waals surface area contributed by atoms with Crippen molar-refractivity contribution in [3.05, 3.63) is 51.1 Å². The molecule has 6 heteroatoms. The first-order chi connectivity index (χ1) is 13.0. The third kappa shape index (κ3) is 2.94. The number of hydrogen-bond acceptors (Lipinski definition) is 5. The first kappa shape index (κ1) is 17.8. The number of hydrogen-bond donors (Lipinski definition) is 1. The summed E-state index contributed by atoms with van der Waals surface area (Å²) < 4.78 is 10.8. The molecule has 1 N–H and O–H groups in total. The molecule has 0 saturated heterocycles. The van der Waals surface area contributed by atoms with Crippen LogP contribution in [0.2, 0.25) is 0 Å². The Balaban J connectivity index is 1.70. The Hall–Kier alpha value is -2.60. The summed E-state index contributed by atoms with van der Waals surface area (Å²) in [6.07, 6.45) is 3.73. The van der Waals surface area contributed by atoms with Crippen LogP contribution in [0, 0.1) is 6.92 Å². The fourth-order valence-electron chi connectivity index (χ4n) is 3.67. The van der Waals surface area contributed by atoms with Gasteiger partial charge in [-0.1, -0.05) is 13.0 Å². The van der Waals surface area contributed by atoms with E-state index in [0.29, 0.717) is 16.1 Å². The standard InChI is InChI=1S/C21H21NO4S/c1-4-12-8-9-15-14(10-12)11(2)18(26-15)19(23)22-20-17(21(24)25-3)13-6-5-7-16(13)27-20/h8-10H,4-7H2,1-3H3,(H,22,23). The summed E-state index contributed by atoms with van der Waals surface area (Å²) in [5.41, 5.74) is 4.20. The summed E-state index contributed by atoms with van der Waals surface area (Å²) >= 11 is 1.46. The van der Waals surface area contributed by atoms with E-state index in [2.05, 4.69) is 18.3 Å². The van der Waals surface area contributed by atoms with Gasteiger partial charge in [-0.25, -0.2) is 4.79 Å².